The topological polar surface area (TPSA) is 18.5 Å². The molecule has 0 N–H and O–H groups in total. The Bertz CT molecular complexity index is 272. The maximum absolute atomic E-state index is 6.52. The van der Waals surface area contributed by atoms with Gasteiger partial charge in [-0.2, -0.15) is 0 Å². The monoisotopic (exact) mass is 316 g/mol. The normalized spacial score (nSPS) is 15.9. The summed E-state index contributed by atoms with van der Waals surface area (Å²) in [6, 6.07) is 0. The van der Waals surface area contributed by atoms with Crippen LogP contribution in [0.3, 0.4) is 0 Å². The third-order valence-electron chi connectivity index (χ3n) is 3.31. The van der Waals surface area contributed by atoms with Gasteiger partial charge in [0.25, 0.3) is 0 Å². The van der Waals surface area contributed by atoms with Crippen LogP contribution in [0.25, 0.3) is 0 Å². The molecule has 0 saturated carbocycles. The first-order valence-electron chi connectivity index (χ1n) is 8.09. The van der Waals surface area contributed by atoms with E-state index in [1.54, 1.807) is 0 Å². The fourth-order valence-electron chi connectivity index (χ4n) is 2.58. The zero-order valence-electron chi connectivity index (χ0n) is 14.8. The second-order valence-electron chi connectivity index (χ2n) is 7.27. The summed E-state index contributed by atoms with van der Waals surface area (Å²) in [7, 11) is -3.32. The number of hydrogen-bond donors (Lipinski definition) is 0. The molecule has 0 aliphatic heterocycles. The maximum Gasteiger partial charge on any atom is 0.202 e. The van der Waals surface area contributed by atoms with Crippen molar-refractivity contribution in [1.29, 1.82) is 0 Å². The van der Waals surface area contributed by atoms with Gasteiger partial charge in [-0.25, -0.2) is 0 Å². The third kappa shape index (κ3) is 9.11. The summed E-state index contributed by atoms with van der Waals surface area (Å²) in [6.07, 6.45) is 8.03. The third-order valence-corrected chi connectivity index (χ3v) is 9.84. The zero-order chi connectivity index (χ0) is 15.8. The predicted octanol–water partition coefficient (Wildman–Crippen LogP) is 5.51. The van der Waals surface area contributed by atoms with Gasteiger partial charge in [0.15, 0.2) is 8.32 Å². The lowest BCUT2D eigenvalue weighted by Gasteiger charge is -2.38. The van der Waals surface area contributed by atoms with Crippen LogP contribution in [0, 0.1) is 0 Å². The quantitative estimate of drug-likeness (QED) is 0.284. The minimum Gasteiger partial charge on any atom is -0.454 e. The van der Waals surface area contributed by atoms with Crippen molar-refractivity contribution in [3.8, 4) is 0 Å². The Hall–Kier alpha value is 0.0938. The highest BCUT2D eigenvalue weighted by atomic mass is 28.4. The molecule has 20 heavy (non-hydrogen) atoms. The van der Waals surface area contributed by atoms with Crippen LogP contribution in [0.15, 0.2) is 12.7 Å². The smallest absolute Gasteiger partial charge is 0.202 e. The molecule has 0 unspecified atom stereocenters. The van der Waals surface area contributed by atoms with Gasteiger partial charge in [0.05, 0.1) is 11.8 Å². The van der Waals surface area contributed by atoms with Crippen molar-refractivity contribution < 1.29 is 8.85 Å². The van der Waals surface area contributed by atoms with Gasteiger partial charge in [0.2, 0.25) is 8.32 Å². The molecule has 120 valence electrons. The number of hydrogen-bond acceptors (Lipinski definition) is 2. The van der Waals surface area contributed by atoms with Gasteiger partial charge in [-0.1, -0.05) is 32.3 Å². The largest absolute Gasteiger partial charge is 0.454 e. The lowest BCUT2D eigenvalue weighted by Crippen LogP contribution is -2.53. The van der Waals surface area contributed by atoms with Crippen LogP contribution in [0.4, 0.5) is 0 Å². The summed E-state index contributed by atoms with van der Waals surface area (Å²) in [5, 5.41) is 0. The van der Waals surface area contributed by atoms with Gasteiger partial charge >= 0.3 is 0 Å². The van der Waals surface area contributed by atoms with E-state index < -0.39 is 16.6 Å². The molecule has 2 nitrogen and oxygen atoms in total. The molecule has 0 heterocycles. The Morgan fingerprint density at radius 3 is 2.15 bits per heavy atom. The van der Waals surface area contributed by atoms with Crippen LogP contribution >= 0.6 is 0 Å². The molecule has 0 radical (unpaired) electrons. The summed E-state index contributed by atoms with van der Waals surface area (Å²) < 4.78 is 12.9. The second-order valence-corrected chi connectivity index (χ2v) is 16.2. The van der Waals surface area contributed by atoms with Crippen molar-refractivity contribution in [3.05, 3.63) is 12.7 Å². The first kappa shape index (κ1) is 20.1. The number of rotatable bonds is 11. The van der Waals surface area contributed by atoms with Gasteiger partial charge in [0, 0.05) is 0 Å². The number of unbranched alkanes of at least 4 members (excludes halogenated alkanes) is 2. The molecule has 0 bridgehead atoms. The average molecular weight is 317 g/mol. The Labute approximate surface area is 129 Å². The van der Waals surface area contributed by atoms with Crippen molar-refractivity contribution >= 4 is 16.6 Å². The summed E-state index contributed by atoms with van der Waals surface area (Å²) in [5.74, 6) is 0. The molecule has 0 rings (SSSR count). The summed E-state index contributed by atoms with van der Waals surface area (Å²) in [5.41, 5.74) is 0.302. The van der Waals surface area contributed by atoms with Gasteiger partial charge < -0.3 is 8.85 Å². The first-order chi connectivity index (χ1) is 9.12. The molecule has 0 aromatic rings. The van der Waals surface area contributed by atoms with Crippen molar-refractivity contribution in [2.75, 3.05) is 0 Å². The van der Waals surface area contributed by atoms with E-state index in [0.717, 1.165) is 12.8 Å². The molecular weight excluding hydrogens is 280 g/mol. The van der Waals surface area contributed by atoms with E-state index in [0.29, 0.717) is 5.73 Å². The van der Waals surface area contributed by atoms with E-state index >= 15 is 0 Å². The SMILES string of the molecule is C=CC[C@H](C)O[C@H](CCCCC)[Si](C)(C)O[Si](C)(C)C. The summed E-state index contributed by atoms with van der Waals surface area (Å²) >= 11 is 0. The Morgan fingerprint density at radius 2 is 1.70 bits per heavy atom. The minimum absolute atomic E-state index is 0.246. The highest BCUT2D eigenvalue weighted by Gasteiger charge is 2.38. The zero-order valence-corrected chi connectivity index (χ0v) is 16.8. The van der Waals surface area contributed by atoms with Crippen LogP contribution in [-0.2, 0) is 8.85 Å². The average Bonchev–Trinajstić information content (AvgIpc) is 2.25. The van der Waals surface area contributed by atoms with Crippen LogP contribution in [0.1, 0.15) is 46.0 Å². The van der Waals surface area contributed by atoms with E-state index in [9.17, 15) is 0 Å². The maximum atomic E-state index is 6.52. The van der Waals surface area contributed by atoms with Gasteiger partial charge in [-0.15, -0.1) is 6.58 Å². The molecule has 0 aliphatic carbocycles. The van der Waals surface area contributed by atoms with E-state index in [1.807, 2.05) is 6.08 Å². The molecule has 0 aliphatic rings. The van der Waals surface area contributed by atoms with Gasteiger partial charge in [-0.3, -0.25) is 0 Å². The molecule has 0 aromatic heterocycles. The Balaban J connectivity index is 4.74. The minimum atomic E-state index is -1.80. The second kappa shape index (κ2) is 9.18. The van der Waals surface area contributed by atoms with Gasteiger partial charge in [0.1, 0.15) is 0 Å². The van der Waals surface area contributed by atoms with E-state index in [2.05, 4.69) is 53.2 Å². The van der Waals surface area contributed by atoms with Crippen molar-refractivity contribution in [2.24, 2.45) is 0 Å². The lowest BCUT2D eigenvalue weighted by atomic mass is 10.2. The van der Waals surface area contributed by atoms with Crippen LogP contribution in [0.5, 0.6) is 0 Å². The van der Waals surface area contributed by atoms with Crippen molar-refractivity contribution in [2.45, 2.75) is 90.5 Å². The molecule has 0 aromatic carbocycles. The van der Waals surface area contributed by atoms with E-state index in [4.69, 9.17) is 8.85 Å². The summed E-state index contributed by atoms with van der Waals surface area (Å²) in [4.78, 5) is 0. The Morgan fingerprint density at radius 1 is 1.10 bits per heavy atom. The molecule has 4 heteroatoms. The van der Waals surface area contributed by atoms with Crippen molar-refractivity contribution in [1.82, 2.24) is 0 Å². The molecule has 0 saturated heterocycles. The standard InChI is InChI=1S/C16H36O2Si2/c1-9-11-12-14-16(17-15(3)13-10-2)20(7,8)18-19(4,5)6/h10,15-16H,2,9,11-14H2,1,3-8H3/t15-,16-/m0/s1. The molecule has 2 atom stereocenters. The molecule has 0 amide bonds. The fraction of sp³-hybridized carbons (Fsp3) is 0.875. The molecule has 0 fully saturated rings. The number of ether oxygens (including phenoxy) is 1. The summed E-state index contributed by atoms with van der Waals surface area (Å²) in [6.45, 7) is 19.7. The predicted molar refractivity (Wildman–Crippen MR) is 95.2 cm³/mol. The molecule has 0 spiro atoms. The van der Waals surface area contributed by atoms with Crippen LogP contribution in [0.2, 0.25) is 32.7 Å². The highest BCUT2D eigenvalue weighted by molar-refractivity contribution is 6.84. The van der Waals surface area contributed by atoms with Gasteiger partial charge in [-0.05, 0) is 52.5 Å². The van der Waals surface area contributed by atoms with Crippen LogP contribution < -0.4 is 0 Å². The van der Waals surface area contributed by atoms with E-state index in [-0.39, 0.29) is 6.10 Å². The highest BCUT2D eigenvalue weighted by Crippen LogP contribution is 2.25. The Kier molecular flexibility index (Phi) is 9.22. The van der Waals surface area contributed by atoms with E-state index in [1.165, 1.54) is 19.3 Å². The van der Waals surface area contributed by atoms with Crippen molar-refractivity contribution in [3.63, 3.8) is 0 Å². The lowest BCUT2D eigenvalue weighted by molar-refractivity contribution is 0.0263. The molecular formula is C16H36O2Si2. The fourth-order valence-corrected chi connectivity index (χ4v) is 10.9. The van der Waals surface area contributed by atoms with Crippen LogP contribution in [-0.4, -0.2) is 28.5 Å². The first-order valence-corrected chi connectivity index (χ1v) is 14.5.